The van der Waals surface area contributed by atoms with Crippen molar-refractivity contribution in [3.8, 4) is 11.4 Å². The van der Waals surface area contributed by atoms with E-state index in [9.17, 15) is 0 Å². The Bertz CT molecular complexity index is 685. The van der Waals surface area contributed by atoms with Gasteiger partial charge in [0, 0.05) is 5.56 Å². The second kappa shape index (κ2) is 3.59. The smallest absolute Gasteiger partial charge is 0.169 e. The number of nitrogens with zero attached hydrogens (tertiary/aromatic N) is 3. The van der Waals surface area contributed by atoms with Gasteiger partial charge in [-0.25, -0.2) is 0 Å². The standard InChI is InChI=1S/C13H12N4/c1-9-4-2-5-10(8-9)13-16-15-12-7-3-6-11(14)17(12)13/h2-8H,14H2,1H3. The van der Waals surface area contributed by atoms with Crippen LogP contribution in [0.3, 0.4) is 0 Å². The van der Waals surface area contributed by atoms with Crippen LogP contribution < -0.4 is 5.73 Å². The van der Waals surface area contributed by atoms with Gasteiger partial charge in [0.15, 0.2) is 11.5 Å². The minimum absolute atomic E-state index is 0.643. The molecule has 0 amide bonds. The molecule has 4 heteroatoms. The van der Waals surface area contributed by atoms with Crippen LogP contribution in [0, 0.1) is 6.92 Å². The number of aryl methyl sites for hydroxylation is 1. The van der Waals surface area contributed by atoms with Crippen LogP contribution in [0.1, 0.15) is 5.56 Å². The first kappa shape index (κ1) is 9.84. The zero-order chi connectivity index (χ0) is 11.8. The number of nitrogen functional groups attached to an aromatic ring is 1. The van der Waals surface area contributed by atoms with Gasteiger partial charge in [-0.1, -0.05) is 29.8 Å². The molecule has 0 atom stereocenters. The molecule has 3 rings (SSSR count). The van der Waals surface area contributed by atoms with E-state index in [1.54, 1.807) is 0 Å². The van der Waals surface area contributed by atoms with Gasteiger partial charge in [0.25, 0.3) is 0 Å². The lowest BCUT2D eigenvalue weighted by Crippen LogP contribution is -1.98. The molecular weight excluding hydrogens is 212 g/mol. The summed E-state index contributed by atoms with van der Waals surface area (Å²) in [7, 11) is 0. The molecule has 0 bridgehead atoms. The van der Waals surface area contributed by atoms with Gasteiger partial charge >= 0.3 is 0 Å². The maximum atomic E-state index is 5.96. The Balaban J connectivity index is 2.31. The highest BCUT2D eigenvalue weighted by Crippen LogP contribution is 2.21. The number of pyridine rings is 1. The van der Waals surface area contributed by atoms with E-state index in [1.807, 2.05) is 34.7 Å². The number of hydrogen-bond acceptors (Lipinski definition) is 3. The zero-order valence-corrected chi connectivity index (χ0v) is 9.46. The van der Waals surface area contributed by atoms with Crippen LogP contribution in [-0.2, 0) is 0 Å². The van der Waals surface area contributed by atoms with E-state index >= 15 is 0 Å². The molecule has 0 spiro atoms. The van der Waals surface area contributed by atoms with Crippen molar-refractivity contribution in [2.75, 3.05) is 5.73 Å². The predicted octanol–water partition coefficient (Wildman–Crippen LogP) is 2.29. The van der Waals surface area contributed by atoms with Crippen molar-refractivity contribution in [1.29, 1.82) is 0 Å². The molecule has 0 saturated carbocycles. The van der Waals surface area contributed by atoms with Crippen LogP contribution in [0.15, 0.2) is 42.5 Å². The molecule has 0 aliphatic carbocycles. The van der Waals surface area contributed by atoms with E-state index in [1.165, 1.54) is 5.56 Å². The Morgan fingerprint density at radius 3 is 2.71 bits per heavy atom. The molecule has 4 nitrogen and oxygen atoms in total. The van der Waals surface area contributed by atoms with Crippen molar-refractivity contribution in [2.24, 2.45) is 0 Å². The third kappa shape index (κ3) is 1.54. The van der Waals surface area contributed by atoms with Crippen LogP contribution in [0.2, 0.25) is 0 Å². The molecule has 3 aromatic rings. The number of hydrogen-bond donors (Lipinski definition) is 1. The average Bonchev–Trinajstić information content (AvgIpc) is 2.74. The molecule has 2 heterocycles. The SMILES string of the molecule is Cc1cccc(-c2nnc3cccc(N)n23)c1. The lowest BCUT2D eigenvalue weighted by molar-refractivity contribution is 1.11. The van der Waals surface area contributed by atoms with E-state index in [0.29, 0.717) is 5.82 Å². The van der Waals surface area contributed by atoms with Crippen molar-refractivity contribution in [3.63, 3.8) is 0 Å². The number of rotatable bonds is 1. The molecule has 0 aliphatic rings. The third-order valence-electron chi connectivity index (χ3n) is 2.73. The van der Waals surface area contributed by atoms with Crippen molar-refractivity contribution in [1.82, 2.24) is 14.6 Å². The summed E-state index contributed by atoms with van der Waals surface area (Å²) in [5.74, 6) is 1.42. The maximum absolute atomic E-state index is 5.96. The Morgan fingerprint density at radius 2 is 1.88 bits per heavy atom. The predicted molar refractivity (Wildman–Crippen MR) is 67.6 cm³/mol. The van der Waals surface area contributed by atoms with Gasteiger partial charge in [-0.2, -0.15) is 0 Å². The van der Waals surface area contributed by atoms with Crippen LogP contribution in [0.4, 0.5) is 5.82 Å². The number of benzene rings is 1. The fourth-order valence-electron chi connectivity index (χ4n) is 1.94. The van der Waals surface area contributed by atoms with Crippen LogP contribution in [0.25, 0.3) is 17.0 Å². The summed E-state index contributed by atoms with van der Waals surface area (Å²) >= 11 is 0. The molecule has 0 saturated heterocycles. The molecule has 0 aliphatic heterocycles. The summed E-state index contributed by atoms with van der Waals surface area (Å²) < 4.78 is 1.86. The summed E-state index contributed by atoms with van der Waals surface area (Å²) in [6, 6.07) is 13.7. The molecule has 2 aromatic heterocycles. The molecule has 2 N–H and O–H groups in total. The zero-order valence-electron chi connectivity index (χ0n) is 9.46. The topological polar surface area (TPSA) is 56.2 Å². The number of fused-ring (bicyclic) bond motifs is 1. The van der Waals surface area contributed by atoms with Gasteiger partial charge in [0.05, 0.1) is 0 Å². The first-order valence-electron chi connectivity index (χ1n) is 5.42. The second-order valence-corrected chi connectivity index (χ2v) is 4.04. The normalized spacial score (nSPS) is 10.9. The van der Waals surface area contributed by atoms with Crippen LogP contribution in [0.5, 0.6) is 0 Å². The van der Waals surface area contributed by atoms with Crippen LogP contribution >= 0.6 is 0 Å². The fraction of sp³-hybridized carbons (Fsp3) is 0.0769. The monoisotopic (exact) mass is 224 g/mol. The van der Waals surface area contributed by atoms with Crippen molar-refractivity contribution in [2.45, 2.75) is 6.92 Å². The van der Waals surface area contributed by atoms with Gasteiger partial charge in [-0.15, -0.1) is 10.2 Å². The van der Waals surface area contributed by atoms with E-state index in [2.05, 4.69) is 29.3 Å². The lowest BCUT2D eigenvalue weighted by atomic mass is 10.1. The molecular formula is C13H12N4. The van der Waals surface area contributed by atoms with E-state index in [4.69, 9.17) is 5.73 Å². The average molecular weight is 224 g/mol. The number of aromatic nitrogens is 3. The van der Waals surface area contributed by atoms with E-state index in [-0.39, 0.29) is 0 Å². The Labute approximate surface area is 98.7 Å². The summed E-state index contributed by atoms with van der Waals surface area (Å²) in [6.07, 6.45) is 0. The fourth-order valence-corrected chi connectivity index (χ4v) is 1.94. The van der Waals surface area contributed by atoms with Gasteiger partial charge in [-0.05, 0) is 25.1 Å². The second-order valence-electron chi connectivity index (χ2n) is 4.04. The summed E-state index contributed by atoms with van der Waals surface area (Å²) in [5, 5.41) is 8.32. The molecule has 84 valence electrons. The van der Waals surface area contributed by atoms with Crippen molar-refractivity contribution >= 4 is 11.5 Å². The van der Waals surface area contributed by atoms with Gasteiger partial charge < -0.3 is 5.73 Å². The highest BCUT2D eigenvalue weighted by atomic mass is 15.3. The minimum Gasteiger partial charge on any atom is -0.385 e. The third-order valence-corrected chi connectivity index (χ3v) is 2.73. The minimum atomic E-state index is 0.643. The quantitative estimate of drug-likeness (QED) is 0.690. The largest absolute Gasteiger partial charge is 0.385 e. The highest BCUT2D eigenvalue weighted by Gasteiger charge is 2.09. The Hall–Kier alpha value is -2.36. The van der Waals surface area contributed by atoms with Crippen molar-refractivity contribution in [3.05, 3.63) is 48.0 Å². The molecule has 0 fully saturated rings. The van der Waals surface area contributed by atoms with Gasteiger partial charge in [0.1, 0.15) is 5.82 Å². The Kier molecular flexibility index (Phi) is 2.08. The lowest BCUT2D eigenvalue weighted by Gasteiger charge is -2.03. The number of nitrogens with two attached hydrogens (primary N) is 1. The molecule has 0 radical (unpaired) electrons. The molecule has 1 aromatic carbocycles. The first-order valence-corrected chi connectivity index (χ1v) is 5.42. The first-order chi connectivity index (χ1) is 8.25. The highest BCUT2D eigenvalue weighted by molar-refractivity contribution is 5.63. The van der Waals surface area contributed by atoms with Crippen molar-refractivity contribution < 1.29 is 0 Å². The van der Waals surface area contributed by atoms with E-state index in [0.717, 1.165) is 17.0 Å². The summed E-state index contributed by atoms with van der Waals surface area (Å²) in [4.78, 5) is 0. The Morgan fingerprint density at radius 1 is 1.06 bits per heavy atom. The number of anilines is 1. The molecule has 0 unspecified atom stereocenters. The van der Waals surface area contributed by atoms with Gasteiger partial charge in [0.2, 0.25) is 0 Å². The van der Waals surface area contributed by atoms with E-state index < -0.39 is 0 Å². The summed E-state index contributed by atoms with van der Waals surface area (Å²) in [5.41, 5.74) is 8.94. The van der Waals surface area contributed by atoms with Crippen LogP contribution in [-0.4, -0.2) is 14.6 Å². The maximum Gasteiger partial charge on any atom is 0.169 e. The molecule has 17 heavy (non-hydrogen) atoms. The summed E-state index contributed by atoms with van der Waals surface area (Å²) in [6.45, 7) is 2.05. The van der Waals surface area contributed by atoms with Gasteiger partial charge in [-0.3, -0.25) is 4.40 Å².